The van der Waals surface area contributed by atoms with Gasteiger partial charge in [-0.1, -0.05) is 6.07 Å². The highest BCUT2D eigenvalue weighted by atomic mass is 19.1. The van der Waals surface area contributed by atoms with Crippen molar-refractivity contribution in [3.05, 3.63) is 47.4 Å². The Balaban J connectivity index is 2.48. The number of carbonyl (C=O) groups excluding carboxylic acids is 1. The molecule has 0 saturated heterocycles. The average molecular weight is 259 g/mol. The van der Waals surface area contributed by atoms with Gasteiger partial charge >= 0.3 is 0 Å². The number of rotatable bonds is 4. The van der Waals surface area contributed by atoms with E-state index in [1.807, 2.05) is 13.0 Å². The molecule has 4 heteroatoms. The average Bonchev–Trinajstić information content (AvgIpc) is 2.41. The van der Waals surface area contributed by atoms with Gasteiger partial charge in [-0.15, -0.1) is 0 Å². The van der Waals surface area contributed by atoms with Crippen molar-refractivity contribution in [3.63, 3.8) is 0 Å². The summed E-state index contributed by atoms with van der Waals surface area (Å²) in [7, 11) is 1.42. The fourth-order valence-corrected chi connectivity index (χ4v) is 1.87. The molecule has 0 amide bonds. The van der Waals surface area contributed by atoms with Gasteiger partial charge in [0, 0.05) is 17.7 Å². The quantitative estimate of drug-likeness (QED) is 0.792. The number of hydrogen-bond acceptors (Lipinski definition) is 3. The zero-order valence-corrected chi connectivity index (χ0v) is 10.8. The molecular weight excluding hydrogens is 245 g/mol. The summed E-state index contributed by atoms with van der Waals surface area (Å²) in [5.74, 6) is -0.229. The number of hydrogen-bond donors (Lipinski definition) is 0. The summed E-state index contributed by atoms with van der Waals surface area (Å²) in [5.41, 5.74) is 2.95. The zero-order valence-electron chi connectivity index (χ0n) is 10.8. The minimum Gasteiger partial charge on any atom is -0.494 e. The van der Waals surface area contributed by atoms with Crippen LogP contribution >= 0.6 is 0 Å². The lowest BCUT2D eigenvalue weighted by Gasteiger charge is -2.08. The first-order chi connectivity index (χ1) is 9.15. The van der Waals surface area contributed by atoms with E-state index >= 15 is 0 Å². The van der Waals surface area contributed by atoms with Crippen molar-refractivity contribution >= 4 is 6.29 Å². The smallest absolute Gasteiger partial charge is 0.165 e. The SMILES string of the molecule is COc1ccc(-c2nc(CC=O)ccc2C)cc1F. The third-order valence-electron chi connectivity index (χ3n) is 2.87. The number of pyridine rings is 1. The van der Waals surface area contributed by atoms with Gasteiger partial charge in [0.15, 0.2) is 11.6 Å². The number of nitrogens with zero attached hydrogens (tertiary/aromatic N) is 1. The number of methoxy groups -OCH3 is 1. The lowest BCUT2D eigenvalue weighted by atomic mass is 10.1. The van der Waals surface area contributed by atoms with Crippen LogP contribution in [0.25, 0.3) is 11.3 Å². The van der Waals surface area contributed by atoms with Gasteiger partial charge in [0.2, 0.25) is 0 Å². The molecule has 1 heterocycles. The number of benzene rings is 1. The van der Waals surface area contributed by atoms with Crippen LogP contribution in [-0.4, -0.2) is 18.4 Å². The van der Waals surface area contributed by atoms with E-state index in [0.29, 0.717) is 17.0 Å². The Morgan fingerprint density at radius 2 is 2.11 bits per heavy atom. The van der Waals surface area contributed by atoms with Gasteiger partial charge in [0.05, 0.1) is 12.8 Å². The first kappa shape index (κ1) is 13.2. The molecular formula is C15H14FNO2. The molecule has 0 spiro atoms. The summed E-state index contributed by atoms with van der Waals surface area (Å²) in [6, 6.07) is 8.38. The second-order valence-electron chi connectivity index (χ2n) is 4.19. The molecule has 0 radical (unpaired) electrons. The van der Waals surface area contributed by atoms with Gasteiger partial charge in [0.25, 0.3) is 0 Å². The fraction of sp³-hybridized carbons (Fsp3) is 0.200. The van der Waals surface area contributed by atoms with E-state index in [4.69, 9.17) is 4.74 Å². The molecule has 0 unspecified atom stereocenters. The third kappa shape index (κ3) is 2.78. The molecule has 0 saturated carbocycles. The summed E-state index contributed by atoms with van der Waals surface area (Å²) in [6.45, 7) is 1.90. The molecule has 3 nitrogen and oxygen atoms in total. The zero-order chi connectivity index (χ0) is 13.8. The Hall–Kier alpha value is -2.23. The number of aldehydes is 1. The third-order valence-corrected chi connectivity index (χ3v) is 2.87. The number of carbonyl (C=O) groups is 1. The van der Waals surface area contributed by atoms with E-state index in [2.05, 4.69) is 4.98 Å². The maximum absolute atomic E-state index is 13.7. The molecule has 1 aromatic carbocycles. The van der Waals surface area contributed by atoms with Crippen LogP contribution in [0.4, 0.5) is 4.39 Å². The molecule has 0 fully saturated rings. The molecule has 0 aliphatic carbocycles. The predicted molar refractivity (Wildman–Crippen MR) is 70.7 cm³/mol. The number of aryl methyl sites for hydroxylation is 1. The molecule has 19 heavy (non-hydrogen) atoms. The second kappa shape index (κ2) is 5.61. The van der Waals surface area contributed by atoms with E-state index in [0.717, 1.165) is 11.8 Å². The van der Waals surface area contributed by atoms with Crippen molar-refractivity contribution in [3.8, 4) is 17.0 Å². The Bertz CT molecular complexity index is 611. The normalized spacial score (nSPS) is 10.3. The Morgan fingerprint density at radius 1 is 1.32 bits per heavy atom. The van der Waals surface area contributed by atoms with Crippen LogP contribution in [0.15, 0.2) is 30.3 Å². The number of ether oxygens (including phenoxy) is 1. The highest BCUT2D eigenvalue weighted by Gasteiger charge is 2.09. The van der Waals surface area contributed by atoms with Crippen LogP contribution in [0.3, 0.4) is 0 Å². The Labute approximate surface area is 111 Å². The highest BCUT2D eigenvalue weighted by Crippen LogP contribution is 2.26. The maximum Gasteiger partial charge on any atom is 0.165 e. The van der Waals surface area contributed by atoms with Crippen molar-refractivity contribution in [2.24, 2.45) is 0 Å². The molecule has 98 valence electrons. The van der Waals surface area contributed by atoms with Crippen molar-refractivity contribution in [1.82, 2.24) is 4.98 Å². The van der Waals surface area contributed by atoms with Gasteiger partial charge in [-0.25, -0.2) is 4.39 Å². The monoisotopic (exact) mass is 259 g/mol. The largest absolute Gasteiger partial charge is 0.494 e. The van der Waals surface area contributed by atoms with Crippen molar-refractivity contribution in [2.45, 2.75) is 13.3 Å². The predicted octanol–water partition coefficient (Wildman–Crippen LogP) is 2.95. The first-order valence-electron chi connectivity index (χ1n) is 5.89. The molecule has 0 bridgehead atoms. The molecule has 0 N–H and O–H groups in total. The fourth-order valence-electron chi connectivity index (χ4n) is 1.87. The van der Waals surface area contributed by atoms with Crippen molar-refractivity contribution in [2.75, 3.05) is 7.11 Å². The molecule has 2 aromatic rings. The van der Waals surface area contributed by atoms with Gasteiger partial charge in [-0.05, 0) is 36.8 Å². The van der Waals surface area contributed by atoms with Crippen molar-refractivity contribution in [1.29, 1.82) is 0 Å². The van der Waals surface area contributed by atoms with E-state index in [1.54, 1.807) is 18.2 Å². The van der Waals surface area contributed by atoms with E-state index in [9.17, 15) is 9.18 Å². The minimum absolute atomic E-state index is 0.199. The van der Waals surface area contributed by atoms with Crippen LogP contribution in [-0.2, 0) is 11.2 Å². The Kier molecular flexibility index (Phi) is 3.90. The van der Waals surface area contributed by atoms with E-state index in [-0.39, 0.29) is 12.2 Å². The van der Waals surface area contributed by atoms with E-state index < -0.39 is 5.82 Å². The second-order valence-corrected chi connectivity index (χ2v) is 4.19. The number of aromatic nitrogens is 1. The molecule has 0 atom stereocenters. The molecule has 0 aliphatic heterocycles. The maximum atomic E-state index is 13.7. The van der Waals surface area contributed by atoms with Crippen LogP contribution in [0.2, 0.25) is 0 Å². The van der Waals surface area contributed by atoms with Gasteiger partial charge in [0.1, 0.15) is 6.29 Å². The van der Waals surface area contributed by atoms with Crippen LogP contribution in [0.5, 0.6) is 5.75 Å². The van der Waals surface area contributed by atoms with Crippen LogP contribution in [0, 0.1) is 12.7 Å². The van der Waals surface area contributed by atoms with E-state index in [1.165, 1.54) is 13.2 Å². The molecule has 1 aromatic heterocycles. The Morgan fingerprint density at radius 3 is 2.74 bits per heavy atom. The topological polar surface area (TPSA) is 39.2 Å². The van der Waals surface area contributed by atoms with Crippen LogP contribution < -0.4 is 4.74 Å². The summed E-state index contributed by atoms with van der Waals surface area (Å²) >= 11 is 0. The minimum atomic E-state index is -0.429. The summed E-state index contributed by atoms with van der Waals surface area (Å²) in [6.07, 6.45) is 1.06. The highest BCUT2D eigenvalue weighted by molar-refractivity contribution is 5.65. The number of halogens is 1. The summed E-state index contributed by atoms with van der Waals surface area (Å²) in [5, 5.41) is 0. The summed E-state index contributed by atoms with van der Waals surface area (Å²) < 4.78 is 18.6. The van der Waals surface area contributed by atoms with Gasteiger partial charge in [-0.2, -0.15) is 0 Å². The lowest BCUT2D eigenvalue weighted by molar-refractivity contribution is -0.107. The molecule has 0 aliphatic rings. The lowest BCUT2D eigenvalue weighted by Crippen LogP contribution is -1.97. The van der Waals surface area contributed by atoms with Crippen molar-refractivity contribution < 1.29 is 13.9 Å². The van der Waals surface area contributed by atoms with Gasteiger partial charge in [-0.3, -0.25) is 4.98 Å². The summed E-state index contributed by atoms with van der Waals surface area (Å²) in [4.78, 5) is 14.9. The van der Waals surface area contributed by atoms with Crippen LogP contribution in [0.1, 0.15) is 11.3 Å². The first-order valence-corrected chi connectivity index (χ1v) is 5.89. The molecule has 2 rings (SSSR count). The standard InChI is InChI=1S/C15H14FNO2/c1-10-3-5-12(7-8-18)17-15(10)11-4-6-14(19-2)13(16)9-11/h3-6,8-9H,7H2,1-2H3. The van der Waals surface area contributed by atoms with Gasteiger partial charge < -0.3 is 9.53 Å².